The first-order valence-corrected chi connectivity index (χ1v) is 7.98. The van der Waals surface area contributed by atoms with Gasteiger partial charge in [-0.2, -0.15) is 0 Å². The fraction of sp³-hybridized carbons (Fsp3) is 0.429. The van der Waals surface area contributed by atoms with E-state index in [1.165, 1.54) is 0 Å². The Kier molecular flexibility index (Phi) is 4.46. The summed E-state index contributed by atoms with van der Waals surface area (Å²) in [5.41, 5.74) is 0.467. The largest absolute Gasteiger partial charge is 0.446 e. The summed E-state index contributed by atoms with van der Waals surface area (Å²) in [4.78, 5) is 0.965. The van der Waals surface area contributed by atoms with Crippen molar-refractivity contribution in [3.8, 4) is 5.88 Å². The number of aromatic amines is 1. The van der Waals surface area contributed by atoms with Gasteiger partial charge in [-0.25, -0.2) is 0 Å². The Morgan fingerprint density at radius 1 is 1.30 bits per heavy atom. The molecule has 1 aromatic heterocycles. The number of aliphatic hydroxyl groups excluding tert-OH is 4. The van der Waals surface area contributed by atoms with Gasteiger partial charge in [-0.15, -0.1) is 0 Å². The van der Waals surface area contributed by atoms with Crippen LogP contribution in [0.3, 0.4) is 0 Å². The molecule has 5 atom stereocenters. The fourth-order valence-corrected chi connectivity index (χ4v) is 3.42. The van der Waals surface area contributed by atoms with E-state index >= 15 is 0 Å². The molecule has 3 rings (SSSR count). The molecule has 9 heteroatoms. The zero-order valence-corrected chi connectivity index (χ0v) is 14.0. The van der Waals surface area contributed by atoms with Crippen LogP contribution < -0.4 is 4.74 Å². The van der Waals surface area contributed by atoms with Crippen molar-refractivity contribution in [2.45, 2.75) is 30.7 Å². The van der Waals surface area contributed by atoms with Crippen LogP contribution in [0.15, 0.2) is 22.7 Å². The van der Waals surface area contributed by atoms with Crippen LogP contribution in [-0.2, 0) is 4.74 Å². The van der Waals surface area contributed by atoms with Gasteiger partial charge in [0, 0.05) is 5.39 Å². The zero-order chi connectivity index (χ0) is 17.6. The molecule has 1 aliphatic heterocycles. The van der Waals surface area contributed by atoms with E-state index in [0.717, 1.165) is 4.98 Å². The molecule has 0 radical (unpaired) electrons. The Hall–Kier alpha value is -0.870. The number of aromatic nitrogens is 1. The molecule has 1 fully saturated rings. The minimum absolute atomic E-state index is 0.00225. The molecule has 0 spiro atoms. The molecule has 23 heavy (non-hydrogen) atoms. The molecular weight excluding hydrogens is 394 g/mol. The number of fused-ring (bicyclic) bond motifs is 1. The van der Waals surface area contributed by atoms with Crippen molar-refractivity contribution in [3.63, 3.8) is 0 Å². The third-order valence-corrected chi connectivity index (χ3v) is 4.75. The lowest BCUT2D eigenvalue weighted by molar-refractivity contribution is -0.278. The van der Waals surface area contributed by atoms with Gasteiger partial charge in [0.25, 0.3) is 0 Å². The van der Waals surface area contributed by atoms with Crippen molar-refractivity contribution in [1.82, 2.24) is 4.98 Å². The van der Waals surface area contributed by atoms with Gasteiger partial charge in [0.2, 0.25) is 12.2 Å². The molecular formula is C14H15BrClNO6. The maximum Gasteiger partial charge on any atom is 0.231 e. The molecule has 5 N–H and O–H groups in total. The van der Waals surface area contributed by atoms with E-state index in [1.54, 1.807) is 18.2 Å². The highest BCUT2D eigenvalue weighted by molar-refractivity contribution is 9.10. The van der Waals surface area contributed by atoms with Crippen molar-refractivity contribution < 1.29 is 31.3 Å². The predicted molar refractivity (Wildman–Crippen MR) is 85.4 cm³/mol. The van der Waals surface area contributed by atoms with Gasteiger partial charge in [0.1, 0.15) is 24.4 Å². The molecule has 2 aromatic rings. The highest BCUT2D eigenvalue weighted by atomic mass is 79.9. The second-order valence-electron chi connectivity index (χ2n) is 5.18. The van der Waals surface area contributed by atoms with Crippen molar-refractivity contribution in [1.29, 1.82) is 0 Å². The van der Waals surface area contributed by atoms with E-state index in [0.29, 0.717) is 20.4 Å². The van der Waals surface area contributed by atoms with Gasteiger partial charge in [-0.05, 0) is 28.1 Å². The first-order chi connectivity index (χ1) is 11.4. The van der Waals surface area contributed by atoms with Gasteiger partial charge in [0.05, 0.1) is 21.6 Å². The molecule has 0 bridgehead atoms. The highest BCUT2D eigenvalue weighted by Crippen LogP contribution is 2.38. The molecule has 1 unspecified atom stereocenters. The van der Waals surface area contributed by atoms with E-state index in [-0.39, 0.29) is 5.88 Å². The third-order valence-electron chi connectivity index (χ3n) is 3.70. The van der Waals surface area contributed by atoms with Gasteiger partial charge < -0.3 is 34.9 Å². The van der Waals surface area contributed by atoms with Gasteiger partial charge >= 0.3 is 0 Å². The van der Waals surface area contributed by atoms with Gasteiger partial charge in [-0.3, -0.25) is 0 Å². The van der Waals surface area contributed by atoms with E-state index in [2.05, 4.69) is 15.9 Å². The molecule has 0 amide bonds. The Bertz CT molecular complexity index is 756. The van der Waals surface area contributed by atoms with Crippen LogP contribution in [0, 0.1) is 0 Å². The fourth-order valence-electron chi connectivity index (χ4n) is 2.44. The molecule has 126 valence electrons. The SMILES string of the molecule is [2H]n1c(OC2O[C@H](CO)[C@H](O)[C@H](O)[C@H]2O)c(Br)c2c(Cl)cccc21. The predicted octanol–water partition coefficient (Wildman–Crippen LogP) is 0.762. The number of hydrogen-bond acceptors (Lipinski definition) is 6. The lowest BCUT2D eigenvalue weighted by atomic mass is 9.99. The van der Waals surface area contributed by atoms with Crippen LogP contribution in [0.25, 0.3) is 10.9 Å². The Morgan fingerprint density at radius 3 is 2.70 bits per heavy atom. The molecule has 7 nitrogen and oxygen atoms in total. The lowest BCUT2D eigenvalue weighted by Gasteiger charge is -2.39. The Balaban J connectivity index is 1.96. The van der Waals surface area contributed by atoms with E-state index in [1.807, 2.05) is 0 Å². The van der Waals surface area contributed by atoms with Crippen LogP contribution in [0.1, 0.15) is 0 Å². The van der Waals surface area contributed by atoms with Crippen molar-refractivity contribution in [2.75, 3.05) is 6.61 Å². The number of ether oxygens (including phenoxy) is 2. The summed E-state index contributed by atoms with van der Waals surface area (Å²) in [6, 6.07) is 5.01. The minimum atomic E-state index is -1.57. The van der Waals surface area contributed by atoms with Crippen molar-refractivity contribution >= 4 is 38.4 Å². The summed E-state index contributed by atoms with van der Waals surface area (Å²) in [5, 5.41) is 39.8. The topological polar surface area (TPSA) is 115 Å². The Labute approximate surface area is 146 Å². The number of benzene rings is 1. The second-order valence-corrected chi connectivity index (χ2v) is 6.38. The number of nitrogens with one attached hydrogen (secondary N) is 1. The first-order valence-electron chi connectivity index (χ1n) is 7.26. The van der Waals surface area contributed by atoms with Crippen LogP contribution in [-0.4, -0.2) is 62.7 Å². The van der Waals surface area contributed by atoms with Crippen LogP contribution in [0.2, 0.25) is 6.43 Å². The van der Waals surface area contributed by atoms with Crippen LogP contribution in [0.5, 0.6) is 5.88 Å². The smallest absolute Gasteiger partial charge is 0.231 e. The van der Waals surface area contributed by atoms with E-state index in [9.17, 15) is 20.4 Å². The summed E-state index contributed by atoms with van der Waals surface area (Å²) in [5.74, 6) is 0.00225. The molecule has 1 aliphatic rings. The van der Waals surface area contributed by atoms with Crippen LogP contribution in [0.4, 0.5) is 0 Å². The summed E-state index contributed by atoms with van der Waals surface area (Å²) in [7, 11) is 0. The summed E-state index contributed by atoms with van der Waals surface area (Å²) >= 11 is 9.45. The second kappa shape index (κ2) is 6.56. The molecule has 2 heterocycles. The number of rotatable bonds is 3. The first kappa shape index (κ1) is 15.6. The number of hydrogen-bond donors (Lipinski definition) is 5. The monoisotopic (exact) mass is 408 g/mol. The molecule has 1 aromatic carbocycles. The summed E-state index contributed by atoms with van der Waals surface area (Å²) < 4.78 is 19.3. The molecule has 0 aliphatic carbocycles. The standard InChI is InChI=1S/C14H15BrClNO6/c15-9-8-5(16)2-1-3-6(8)17-13(9)23-14-12(21)11(20)10(19)7(4-18)22-14/h1-3,7,10-12,14,17-21H,4H2/t7-,10+,11+,12-,14?/m1/s1/i/hD. The average Bonchev–Trinajstić information content (AvgIpc) is 2.81. The maximum absolute atomic E-state index is 10.0. The summed E-state index contributed by atoms with van der Waals surface area (Å²) in [6.07, 6.45) is -7.09. The van der Waals surface area contributed by atoms with Gasteiger partial charge in [-0.1, -0.05) is 17.7 Å². The van der Waals surface area contributed by atoms with Crippen molar-refractivity contribution in [3.05, 3.63) is 27.7 Å². The average molecular weight is 410 g/mol. The van der Waals surface area contributed by atoms with E-state index < -0.39 is 37.3 Å². The minimum Gasteiger partial charge on any atom is -0.446 e. The van der Waals surface area contributed by atoms with Gasteiger partial charge in [0.15, 0.2) is 1.41 Å². The number of aliphatic hydroxyl groups is 4. The molecule has 1 saturated heterocycles. The Morgan fingerprint density at radius 2 is 2.04 bits per heavy atom. The van der Waals surface area contributed by atoms with Crippen LogP contribution >= 0.6 is 27.5 Å². The normalized spacial score (nSPS) is 32.1. The number of H-pyrrole nitrogens is 1. The lowest BCUT2D eigenvalue weighted by Crippen LogP contribution is -2.60. The number of halogens is 2. The quantitative estimate of drug-likeness (QED) is 0.511. The summed E-state index contributed by atoms with van der Waals surface area (Å²) in [6.45, 7) is -0.568. The third kappa shape index (κ3) is 2.96. The maximum atomic E-state index is 10.0. The zero-order valence-electron chi connectivity index (χ0n) is 12.6. The highest BCUT2D eigenvalue weighted by Gasteiger charge is 2.45. The van der Waals surface area contributed by atoms with E-state index in [4.69, 9.17) is 22.5 Å². The van der Waals surface area contributed by atoms with Crippen molar-refractivity contribution in [2.24, 2.45) is 0 Å². The molecule has 0 saturated carbocycles.